The molecule has 8 aromatic rings. The summed E-state index contributed by atoms with van der Waals surface area (Å²) in [5.74, 6) is 1.42. The molecule has 360 valence electrons. The molecule has 0 radical (unpaired) electrons. The Morgan fingerprint density at radius 2 is 0.739 bits per heavy atom. The van der Waals surface area contributed by atoms with Crippen LogP contribution in [0.3, 0.4) is 0 Å². The van der Waals surface area contributed by atoms with Gasteiger partial charge in [0.25, 0.3) is 0 Å². The van der Waals surface area contributed by atoms with Crippen LogP contribution >= 0.6 is 0 Å². The van der Waals surface area contributed by atoms with Gasteiger partial charge in [-0.3, -0.25) is 4.99 Å². The molecule has 8 rings (SSSR count). The Bertz CT molecular complexity index is 3180. The van der Waals surface area contributed by atoms with Crippen LogP contribution < -0.4 is 5.32 Å². The monoisotopic (exact) mass is 918 g/mol. The largest absolute Gasteiger partial charge is 0.373 e. The van der Waals surface area contributed by atoms with Gasteiger partial charge in [0.05, 0.1) is 27.8 Å². The van der Waals surface area contributed by atoms with Crippen molar-refractivity contribution >= 4 is 55.3 Å². The molecule has 0 atom stereocenters. The summed E-state index contributed by atoms with van der Waals surface area (Å²) >= 11 is 0. The SMILES string of the molecule is CN=C(N=C(NC)c1cc(-n2c3ccc(C(C)(C)C)cc3c3cc(C(C)(C)C)ccc32)ccc1-n1c2ccc(C(C)(C)C)cc2c2cc(C(C)(C)C)ccc21)c1cc(C(C)(C)C)cc(C(C)(C)C)c1. The number of aromatic nitrogens is 2. The van der Waals surface area contributed by atoms with Crippen molar-refractivity contribution in [2.45, 2.75) is 157 Å². The lowest BCUT2D eigenvalue weighted by Gasteiger charge is -2.26. The summed E-state index contributed by atoms with van der Waals surface area (Å²) < 4.78 is 4.92. The van der Waals surface area contributed by atoms with Gasteiger partial charge in [0.2, 0.25) is 0 Å². The number of nitrogens with one attached hydrogen (secondary N) is 1. The molecule has 0 saturated heterocycles. The molecule has 0 fully saturated rings. The summed E-state index contributed by atoms with van der Waals surface area (Å²) in [6.45, 7) is 41.3. The first-order valence-corrected chi connectivity index (χ1v) is 25.1. The number of amidine groups is 2. The molecule has 0 saturated carbocycles. The Morgan fingerprint density at radius 3 is 1.06 bits per heavy atom. The zero-order valence-corrected chi connectivity index (χ0v) is 45.7. The molecule has 2 heterocycles. The highest BCUT2D eigenvalue weighted by Crippen LogP contribution is 2.42. The van der Waals surface area contributed by atoms with Crippen LogP contribution in [0.2, 0.25) is 0 Å². The fourth-order valence-electron chi connectivity index (χ4n) is 9.72. The molecule has 69 heavy (non-hydrogen) atoms. The summed E-state index contributed by atoms with van der Waals surface area (Å²) in [6.07, 6.45) is 0. The predicted octanol–water partition coefficient (Wildman–Crippen LogP) is 16.7. The molecule has 0 amide bonds. The van der Waals surface area contributed by atoms with Gasteiger partial charge in [-0.2, -0.15) is 0 Å². The van der Waals surface area contributed by atoms with Crippen LogP contribution in [-0.4, -0.2) is 34.9 Å². The van der Waals surface area contributed by atoms with E-state index in [0.29, 0.717) is 5.84 Å². The Labute approximate surface area is 414 Å². The van der Waals surface area contributed by atoms with E-state index in [0.717, 1.165) is 39.4 Å². The molecule has 1 N–H and O–H groups in total. The van der Waals surface area contributed by atoms with E-state index in [4.69, 9.17) is 9.98 Å². The summed E-state index contributed by atoms with van der Waals surface area (Å²) in [6, 6.07) is 42.2. The smallest absolute Gasteiger partial charge is 0.156 e. The van der Waals surface area contributed by atoms with Crippen molar-refractivity contribution in [3.63, 3.8) is 0 Å². The van der Waals surface area contributed by atoms with Crippen molar-refractivity contribution in [1.29, 1.82) is 0 Å². The number of nitrogens with zero attached hydrogens (tertiary/aromatic N) is 4. The zero-order chi connectivity index (χ0) is 50.6. The van der Waals surface area contributed by atoms with Crippen molar-refractivity contribution in [3.8, 4) is 11.4 Å². The van der Waals surface area contributed by atoms with Gasteiger partial charge in [0.1, 0.15) is 5.84 Å². The normalized spacial score (nSPS) is 14.0. The van der Waals surface area contributed by atoms with Gasteiger partial charge in [-0.1, -0.05) is 155 Å². The molecule has 0 bridgehead atoms. The second-order valence-corrected chi connectivity index (χ2v) is 25.9. The molecular formula is C64H79N5. The second kappa shape index (κ2) is 16.9. The van der Waals surface area contributed by atoms with E-state index in [1.165, 1.54) is 66.0 Å². The number of hydrogen-bond acceptors (Lipinski definition) is 1. The molecule has 0 aliphatic rings. The maximum absolute atomic E-state index is 5.58. The van der Waals surface area contributed by atoms with Gasteiger partial charge in [-0.15, -0.1) is 0 Å². The third-order valence-corrected chi connectivity index (χ3v) is 14.3. The van der Waals surface area contributed by atoms with Crippen molar-refractivity contribution < 1.29 is 0 Å². The Morgan fingerprint density at radius 1 is 0.391 bits per heavy atom. The van der Waals surface area contributed by atoms with E-state index >= 15 is 0 Å². The fraction of sp³-hybridized carbons (Fsp3) is 0.406. The highest BCUT2D eigenvalue weighted by molar-refractivity contribution is 6.16. The first-order chi connectivity index (χ1) is 31.9. The highest BCUT2D eigenvalue weighted by atomic mass is 15.1. The summed E-state index contributed by atoms with van der Waals surface area (Å²) in [5.41, 5.74) is 16.4. The van der Waals surface area contributed by atoms with E-state index in [2.05, 4.69) is 248 Å². The highest BCUT2D eigenvalue weighted by Gasteiger charge is 2.27. The molecule has 0 aliphatic heterocycles. The van der Waals surface area contributed by atoms with Crippen molar-refractivity contribution in [2.75, 3.05) is 14.1 Å². The zero-order valence-electron chi connectivity index (χ0n) is 45.7. The fourth-order valence-corrected chi connectivity index (χ4v) is 9.72. The molecule has 5 heteroatoms. The van der Waals surface area contributed by atoms with E-state index < -0.39 is 0 Å². The van der Waals surface area contributed by atoms with Crippen LogP contribution in [-0.2, 0) is 32.5 Å². The average Bonchev–Trinajstić information content (AvgIpc) is 3.76. The van der Waals surface area contributed by atoms with Gasteiger partial charge in [-0.25, -0.2) is 4.99 Å². The first kappa shape index (κ1) is 49.5. The van der Waals surface area contributed by atoms with Crippen LogP contribution in [0.1, 0.15) is 169 Å². The topological polar surface area (TPSA) is 46.6 Å². The Kier molecular flexibility index (Phi) is 12.1. The van der Waals surface area contributed by atoms with Crippen LogP contribution in [0.4, 0.5) is 0 Å². The van der Waals surface area contributed by atoms with Gasteiger partial charge in [-0.05, 0) is 145 Å². The molecule has 0 unspecified atom stereocenters. The number of rotatable bonds is 4. The van der Waals surface area contributed by atoms with E-state index in [-0.39, 0.29) is 32.5 Å². The lowest BCUT2D eigenvalue weighted by atomic mass is 9.79. The summed E-state index contributed by atoms with van der Waals surface area (Å²) in [5, 5.41) is 8.66. The third kappa shape index (κ3) is 9.31. The Hall–Kier alpha value is -5.94. The van der Waals surface area contributed by atoms with Crippen molar-refractivity contribution in [2.24, 2.45) is 9.98 Å². The summed E-state index contributed by atoms with van der Waals surface area (Å²) in [4.78, 5) is 10.5. The maximum Gasteiger partial charge on any atom is 0.156 e. The van der Waals surface area contributed by atoms with Gasteiger partial charge < -0.3 is 14.5 Å². The number of benzene rings is 6. The minimum atomic E-state index is -0.0637. The van der Waals surface area contributed by atoms with Crippen LogP contribution in [0.5, 0.6) is 0 Å². The van der Waals surface area contributed by atoms with E-state index in [1.807, 2.05) is 14.1 Å². The third-order valence-electron chi connectivity index (χ3n) is 14.3. The molecule has 6 aromatic carbocycles. The number of hydrogen-bond donors (Lipinski definition) is 1. The lowest BCUT2D eigenvalue weighted by Crippen LogP contribution is -2.24. The average molecular weight is 918 g/mol. The van der Waals surface area contributed by atoms with Crippen LogP contribution in [0, 0.1) is 0 Å². The van der Waals surface area contributed by atoms with Gasteiger partial charge in [0, 0.05) is 52.5 Å². The minimum absolute atomic E-state index is 0.000580. The van der Waals surface area contributed by atoms with E-state index in [1.54, 1.807) is 0 Å². The van der Waals surface area contributed by atoms with Crippen molar-refractivity contribution in [1.82, 2.24) is 14.5 Å². The van der Waals surface area contributed by atoms with Crippen LogP contribution in [0.15, 0.2) is 119 Å². The van der Waals surface area contributed by atoms with Crippen molar-refractivity contribution in [3.05, 3.63) is 154 Å². The van der Waals surface area contributed by atoms with E-state index in [9.17, 15) is 0 Å². The number of aliphatic imine (C=N–C) groups is 2. The minimum Gasteiger partial charge on any atom is -0.373 e. The molecule has 2 aromatic heterocycles. The first-order valence-electron chi connectivity index (χ1n) is 25.1. The standard InChI is InChI=1S/C64H79N5/c1-59(2,3)40-21-26-52-47(34-40)48-35-41(60(4,5)6)22-27-53(48)68(52)46-25-30-56(69-54-28-23-42(61(7,8)9)36-49(54)50-37-43(62(10,11)12)24-29-55(50)69)51(38-46)58(66-20)67-57(65-19)39-31-44(63(13,14)15)33-45(32-39)64(16,17)18/h21-38H,1-20H3,(H,65,66,67). The molecule has 0 spiro atoms. The van der Waals surface area contributed by atoms with Crippen LogP contribution in [0.25, 0.3) is 55.0 Å². The molecule has 0 aliphatic carbocycles. The van der Waals surface area contributed by atoms with Gasteiger partial charge >= 0.3 is 0 Å². The molecular weight excluding hydrogens is 839 g/mol. The predicted molar refractivity (Wildman–Crippen MR) is 302 cm³/mol. The molecule has 5 nitrogen and oxygen atoms in total. The quantitative estimate of drug-likeness (QED) is 0.139. The summed E-state index contributed by atoms with van der Waals surface area (Å²) in [7, 11) is 3.86. The number of fused-ring (bicyclic) bond motifs is 6. The second-order valence-electron chi connectivity index (χ2n) is 25.9. The maximum atomic E-state index is 5.58. The lowest BCUT2D eigenvalue weighted by molar-refractivity contribution is 0.568. The van der Waals surface area contributed by atoms with Gasteiger partial charge in [0.15, 0.2) is 5.84 Å². The Balaban J connectivity index is 1.49.